The maximum Gasteiger partial charge on any atom is 0.225 e. The van der Waals surface area contributed by atoms with Gasteiger partial charge in [-0.05, 0) is 34.9 Å². The van der Waals surface area contributed by atoms with Crippen LogP contribution in [0.2, 0.25) is 0 Å². The van der Waals surface area contributed by atoms with Crippen molar-refractivity contribution in [3.63, 3.8) is 0 Å². The summed E-state index contributed by atoms with van der Waals surface area (Å²) in [6, 6.07) is 16.5. The number of fused-ring (bicyclic) bond motifs is 2. The monoisotopic (exact) mass is 376 g/mol. The Kier molecular flexibility index (Phi) is 4.81. The van der Waals surface area contributed by atoms with Crippen LogP contribution in [0.25, 0.3) is 10.8 Å². The Morgan fingerprint density at radius 3 is 2.81 bits per heavy atom. The molecule has 3 aromatic rings. The van der Waals surface area contributed by atoms with Gasteiger partial charge in [0.1, 0.15) is 11.5 Å². The Morgan fingerprint density at radius 1 is 1.19 bits per heavy atom. The molecule has 5 nitrogen and oxygen atoms in total. The number of amides is 1. The lowest BCUT2D eigenvalue weighted by Gasteiger charge is -2.18. The van der Waals surface area contributed by atoms with Crippen molar-refractivity contribution in [1.29, 1.82) is 0 Å². The standard InChI is InChI=1S/C21H20N4OS/c1-2-5-19(26)24-18-11-17-20(21(22)25-18)23-16(12-27-17)15-9-8-13-6-3-4-7-14(13)10-15/h3-4,6-11H,2,5,12H2,1H3,(H3,22,24,25,26). The van der Waals surface area contributed by atoms with Gasteiger partial charge in [0, 0.05) is 17.1 Å². The third-order valence-electron chi connectivity index (χ3n) is 4.42. The lowest BCUT2D eigenvalue weighted by atomic mass is 10.0. The third-order valence-corrected chi connectivity index (χ3v) is 5.46. The molecule has 2 heterocycles. The molecule has 0 spiro atoms. The summed E-state index contributed by atoms with van der Waals surface area (Å²) < 4.78 is 0. The first kappa shape index (κ1) is 17.5. The zero-order valence-corrected chi connectivity index (χ0v) is 15.8. The SMILES string of the molecule is CCCC(=O)Nc1cc2c(c(N)n1)N=C(c1ccc3ccccc3c1)CS2. The zero-order chi connectivity index (χ0) is 18.8. The largest absolute Gasteiger partial charge is 0.382 e. The van der Waals surface area contributed by atoms with E-state index in [1.54, 1.807) is 11.8 Å². The Bertz CT molecular complexity index is 1060. The summed E-state index contributed by atoms with van der Waals surface area (Å²) in [7, 11) is 0. The number of nitrogens with two attached hydrogens (primary N) is 1. The zero-order valence-electron chi connectivity index (χ0n) is 15.0. The van der Waals surface area contributed by atoms with E-state index >= 15 is 0 Å². The maximum atomic E-state index is 11.8. The minimum absolute atomic E-state index is 0.0505. The minimum atomic E-state index is -0.0505. The fourth-order valence-electron chi connectivity index (χ4n) is 3.08. The molecular formula is C21H20N4OS. The molecule has 27 heavy (non-hydrogen) atoms. The number of carbonyl (C=O) groups excluding carboxylic acids is 1. The summed E-state index contributed by atoms with van der Waals surface area (Å²) in [6.07, 6.45) is 1.26. The van der Waals surface area contributed by atoms with Crippen LogP contribution in [0.4, 0.5) is 17.3 Å². The number of hydrogen-bond acceptors (Lipinski definition) is 5. The molecule has 0 saturated carbocycles. The molecule has 0 fully saturated rings. The van der Waals surface area contributed by atoms with Crippen molar-refractivity contribution in [3.8, 4) is 0 Å². The molecule has 0 aliphatic carbocycles. The summed E-state index contributed by atoms with van der Waals surface area (Å²) in [5, 5.41) is 5.20. The second kappa shape index (κ2) is 7.40. The molecule has 3 N–H and O–H groups in total. The fraction of sp³-hybridized carbons (Fsp3) is 0.190. The lowest BCUT2D eigenvalue weighted by molar-refractivity contribution is -0.116. The van der Waals surface area contributed by atoms with Crippen LogP contribution in [0.15, 0.2) is 58.4 Å². The summed E-state index contributed by atoms with van der Waals surface area (Å²) >= 11 is 1.66. The number of benzene rings is 2. The van der Waals surface area contributed by atoms with E-state index in [2.05, 4.69) is 40.6 Å². The Hall–Kier alpha value is -2.86. The molecule has 6 heteroatoms. The van der Waals surface area contributed by atoms with Gasteiger partial charge in [0.15, 0.2) is 5.82 Å². The van der Waals surface area contributed by atoms with E-state index in [-0.39, 0.29) is 5.91 Å². The highest BCUT2D eigenvalue weighted by Crippen LogP contribution is 2.40. The van der Waals surface area contributed by atoms with Crippen LogP contribution in [0.5, 0.6) is 0 Å². The minimum Gasteiger partial charge on any atom is -0.382 e. The number of nitrogens with one attached hydrogen (secondary N) is 1. The van der Waals surface area contributed by atoms with Crippen LogP contribution in [0, 0.1) is 0 Å². The number of anilines is 2. The first-order valence-electron chi connectivity index (χ1n) is 8.94. The molecular weight excluding hydrogens is 356 g/mol. The van der Waals surface area contributed by atoms with E-state index in [9.17, 15) is 4.79 Å². The van der Waals surface area contributed by atoms with Gasteiger partial charge in [0.05, 0.1) is 5.71 Å². The predicted molar refractivity (Wildman–Crippen MR) is 113 cm³/mol. The molecule has 0 atom stereocenters. The molecule has 1 aliphatic heterocycles. The predicted octanol–water partition coefficient (Wildman–Crippen LogP) is 4.78. The molecule has 136 valence electrons. The van der Waals surface area contributed by atoms with Crippen LogP contribution in [0.1, 0.15) is 25.3 Å². The number of carbonyl (C=O) groups is 1. The van der Waals surface area contributed by atoms with E-state index < -0.39 is 0 Å². The van der Waals surface area contributed by atoms with Crippen molar-refractivity contribution in [2.24, 2.45) is 4.99 Å². The molecule has 1 amide bonds. The normalized spacial score (nSPS) is 13.1. The highest BCUT2D eigenvalue weighted by atomic mass is 32.2. The van der Waals surface area contributed by atoms with Crippen molar-refractivity contribution >= 4 is 51.5 Å². The Morgan fingerprint density at radius 2 is 2.00 bits per heavy atom. The molecule has 1 aliphatic rings. The average molecular weight is 376 g/mol. The molecule has 1 aromatic heterocycles. The van der Waals surface area contributed by atoms with Crippen molar-refractivity contribution in [2.45, 2.75) is 24.7 Å². The number of rotatable bonds is 4. The van der Waals surface area contributed by atoms with E-state index in [0.717, 1.165) is 28.3 Å². The van der Waals surface area contributed by atoms with Crippen molar-refractivity contribution in [2.75, 3.05) is 16.8 Å². The van der Waals surface area contributed by atoms with Gasteiger partial charge in [-0.3, -0.25) is 4.79 Å². The van der Waals surface area contributed by atoms with Gasteiger partial charge in [0.2, 0.25) is 5.91 Å². The van der Waals surface area contributed by atoms with Gasteiger partial charge >= 0.3 is 0 Å². The van der Waals surface area contributed by atoms with Crippen LogP contribution < -0.4 is 11.1 Å². The average Bonchev–Trinajstić information content (AvgIpc) is 2.67. The second-order valence-corrected chi connectivity index (χ2v) is 7.46. The number of hydrogen-bond donors (Lipinski definition) is 2. The topological polar surface area (TPSA) is 80.4 Å². The third kappa shape index (κ3) is 3.66. The lowest BCUT2D eigenvalue weighted by Crippen LogP contribution is -2.14. The molecule has 0 bridgehead atoms. The van der Waals surface area contributed by atoms with Crippen LogP contribution in [-0.2, 0) is 4.79 Å². The number of nitrogen functional groups attached to an aromatic ring is 1. The van der Waals surface area contributed by atoms with Crippen LogP contribution in [0.3, 0.4) is 0 Å². The van der Waals surface area contributed by atoms with Gasteiger partial charge in [0.25, 0.3) is 0 Å². The highest BCUT2D eigenvalue weighted by molar-refractivity contribution is 8.00. The summed E-state index contributed by atoms with van der Waals surface area (Å²) in [6.45, 7) is 1.97. The summed E-state index contributed by atoms with van der Waals surface area (Å²) in [4.78, 5) is 21.8. The fourth-order valence-corrected chi connectivity index (χ4v) is 4.09. The Balaban J connectivity index is 1.66. The number of thioether (sulfide) groups is 1. The van der Waals surface area contributed by atoms with Crippen molar-refractivity contribution < 1.29 is 4.79 Å². The molecule has 4 rings (SSSR count). The molecule has 0 saturated heterocycles. The quantitative estimate of drug-likeness (QED) is 0.686. The van der Waals surface area contributed by atoms with Crippen molar-refractivity contribution in [1.82, 2.24) is 4.98 Å². The number of nitrogens with zero attached hydrogens (tertiary/aromatic N) is 2. The summed E-state index contributed by atoms with van der Waals surface area (Å²) in [5.41, 5.74) is 8.89. The first-order chi connectivity index (χ1) is 13.1. The van der Waals surface area contributed by atoms with E-state index in [0.29, 0.717) is 23.7 Å². The number of pyridine rings is 1. The van der Waals surface area contributed by atoms with E-state index in [4.69, 9.17) is 10.7 Å². The van der Waals surface area contributed by atoms with Gasteiger partial charge in [-0.25, -0.2) is 9.98 Å². The first-order valence-corrected chi connectivity index (χ1v) is 9.92. The number of aromatic nitrogens is 1. The van der Waals surface area contributed by atoms with E-state index in [1.165, 1.54) is 10.8 Å². The molecule has 0 unspecified atom stereocenters. The second-order valence-electron chi connectivity index (χ2n) is 6.45. The highest BCUT2D eigenvalue weighted by Gasteiger charge is 2.19. The summed E-state index contributed by atoms with van der Waals surface area (Å²) in [5.74, 6) is 1.52. The van der Waals surface area contributed by atoms with Crippen LogP contribution >= 0.6 is 11.8 Å². The van der Waals surface area contributed by atoms with E-state index in [1.807, 2.05) is 25.1 Å². The number of aliphatic imine (C=N–C) groups is 1. The molecule has 0 radical (unpaired) electrons. The van der Waals surface area contributed by atoms with Gasteiger partial charge in [-0.2, -0.15) is 0 Å². The Labute approximate surface area is 162 Å². The smallest absolute Gasteiger partial charge is 0.225 e. The van der Waals surface area contributed by atoms with Gasteiger partial charge in [-0.1, -0.05) is 43.3 Å². The molecule has 2 aromatic carbocycles. The van der Waals surface area contributed by atoms with Crippen LogP contribution in [-0.4, -0.2) is 22.4 Å². The van der Waals surface area contributed by atoms with Gasteiger partial charge in [-0.15, -0.1) is 11.8 Å². The van der Waals surface area contributed by atoms with Gasteiger partial charge < -0.3 is 11.1 Å². The maximum absolute atomic E-state index is 11.8. The van der Waals surface area contributed by atoms with Crippen molar-refractivity contribution in [3.05, 3.63) is 54.1 Å².